The fourth-order valence-corrected chi connectivity index (χ4v) is 1.20. The predicted octanol–water partition coefficient (Wildman–Crippen LogP) is 2.00. The van der Waals surface area contributed by atoms with Crippen molar-refractivity contribution in [2.45, 2.75) is 19.2 Å². The smallest absolute Gasteiger partial charge is 0.386 e. The zero-order chi connectivity index (χ0) is 12.2. The predicted molar refractivity (Wildman–Crippen MR) is 50.8 cm³/mol. The van der Waals surface area contributed by atoms with Crippen molar-refractivity contribution in [2.24, 2.45) is 0 Å². The van der Waals surface area contributed by atoms with Gasteiger partial charge in [0.2, 0.25) is 0 Å². The van der Waals surface area contributed by atoms with Crippen LogP contribution in [0.25, 0.3) is 0 Å². The van der Waals surface area contributed by atoms with Gasteiger partial charge in [-0.2, -0.15) is 13.2 Å². The number of rotatable bonds is 4. The van der Waals surface area contributed by atoms with Gasteiger partial charge in [-0.3, -0.25) is 4.98 Å². The lowest BCUT2D eigenvalue weighted by Crippen LogP contribution is -2.20. The van der Waals surface area contributed by atoms with Crippen LogP contribution in [0.4, 0.5) is 13.2 Å². The van der Waals surface area contributed by atoms with E-state index in [2.05, 4.69) is 9.72 Å². The zero-order valence-corrected chi connectivity index (χ0v) is 8.66. The third kappa shape index (κ3) is 4.16. The van der Waals surface area contributed by atoms with Gasteiger partial charge in [0, 0.05) is 18.0 Å². The van der Waals surface area contributed by atoms with E-state index in [1.54, 1.807) is 19.2 Å². The second-order valence-electron chi connectivity index (χ2n) is 3.38. The van der Waals surface area contributed by atoms with Crippen LogP contribution < -0.4 is 0 Å². The molecule has 90 valence electrons. The van der Waals surface area contributed by atoms with Gasteiger partial charge in [0.1, 0.15) is 12.7 Å². The van der Waals surface area contributed by atoms with Crippen LogP contribution in [0.15, 0.2) is 18.5 Å². The van der Waals surface area contributed by atoms with Crippen molar-refractivity contribution in [1.29, 1.82) is 0 Å². The molecule has 1 unspecified atom stereocenters. The van der Waals surface area contributed by atoms with E-state index in [1.165, 1.54) is 6.20 Å². The molecule has 0 spiro atoms. The van der Waals surface area contributed by atoms with Crippen molar-refractivity contribution in [3.05, 3.63) is 29.6 Å². The number of hydrogen-bond acceptors (Lipinski definition) is 3. The molecular weight excluding hydrogens is 223 g/mol. The number of hydrogen-bond donors (Lipinski definition) is 1. The summed E-state index contributed by atoms with van der Waals surface area (Å²) in [7, 11) is 0. The molecule has 0 aliphatic rings. The van der Waals surface area contributed by atoms with Crippen LogP contribution in [-0.2, 0) is 4.74 Å². The number of aromatic nitrogens is 1. The molecule has 0 saturated heterocycles. The van der Waals surface area contributed by atoms with E-state index in [-0.39, 0.29) is 0 Å². The summed E-state index contributed by atoms with van der Waals surface area (Å²) in [6.07, 6.45) is -2.50. The summed E-state index contributed by atoms with van der Waals surface area (Å²) in [5.41, 5.74) is 1.24. The van der Waals surface area contributed by atoms with Gasteiger partial charge in [-0.15, -0.1) is 0 Å². The van der Waals surface area contributed by atoms with Gasteiger partial charge in [0.15, 0.2) is 0 Å². The van der Waals surface area contributed by atoms with E-state index in [0.717, 1.165) is 5.56 Å². The van der Waals surface area contributed by atoms with E-state index < -0.39 is 25.5 Å². The molecule has 1 rings (SSSR count). The number of aryl methyl sites for hydroxylation is 1. The highest BCUT2D eigenvalue weighted by molar-refractivity contribution is 5.23. The van der Waals surface area contributed by atoms with Crippen LogP contribution in [0.3, 0.4) is 0 Å². The first-order chi connectivity index (χ1) is 7.40. The second-order valence-corrected chi connectivity index (χ2v) is 3.38. The number of halogens is 3. The SMILES string of the molecule is Cc1ccncc1C(O)COCC(F)(F)F. The monoisotopic (exact) mass is 235 g/mol. The molecule has 3 nitrogen and oxygen atoms in total. The first-order valence-corrected chi connectivity index (χ1v) is 4.63. The molecule has 16 heavy (non-hydrogen) atoms. The standard InChI is InChI=1S/C10H12F3NO2/c1-7-2-3-14-4-8(7)9(15)5-16-6-10(11,12)13/h2-4,9,15H,5-6H2,1H3. The molecule has 0 aliphatic carbocycles. The Kier molecular flexibility index (Phi) is 4.26. The third-order valence-electron chi connectivity index (χ3n) is 1.98. The van der Waals surface area contributed by atoms with Gasteiger partial charge in [-0.25, -0.2) is 0 Å². The van der Waals surface area contributed by atoms with Crippen LogP contribution in [0.2, 0.25) is 0 Å². The minimum absolute atomic E-state index is 0.397. The summed E-state index contributed by atoms with van der Waals surface area (Å²) < 4.78 is 39.7. The lowest BCUT2D eigenvalue weighted by atomic mass is 10.1. The Balaban J connectivity index is 2.47. The van der Waals surface area contributed by atoms with Crippen LogP contribution in [-0.4, -0.2) is 29.5 Å². The lowest BCUT2D eigenvalue weighted by molar-refractivity contribution is -0.179. The fourth-order valence-electron chi connectivity index (χ4n) is 1.20. The molecule has 0 saturated carbocycles. The van der Waals surface area contributed by atoms with Crippen molar-refractivity contribution >= 4 is 0 Å². The highest BCUT2D eigenvalue weighted by atomic mass is 19.4. The van der Waals surface area contributed by atoms with Gasteiger partial charge in [-0.05, 0) is 18.6 Å². The fraction of sp³-hybridized carbons (Fsp3) is 0.500. The van der Waals surface area contributed by atoms with E-state index >= 15 is 0 Å². The number of pyridine rings is 1. The molecule has 1 aromatic rings. The third-order valence-corrected chi connectivity index (χ3v) is 1.98. The number of aliphatic hydroxyl groups is 1. The van der Waals surface area contributed by atoms with Crippen molar-refractivity contribution in [3.8, 4) is 0 Å². The van der Waals surface area contributed by atoms with Gasteiger partial charge in [0.05, 0.1) is 6.61 Å². The van der Waals surface area contributed by atoms with Crippen LogP contribution in [0.5, 0.6) is 0 Å². The van der Waals surface area contributed by atoms with Gasteiger partial charge < -0.3 is 9.84 Å². The van der Waals surface area contributed by atoms with Crippen LogP contribution >= 0.6 is 0 Å². The normalized spacial score (nSPS) is 13.8. The number of ether oxygens (including phenoxy) is 1. The van der Waals surface area contributed by atoms with Gasteiger partial charge >= 0.3 is 6.18 Å². The number of nitrogens with zero attached hydrogens (tertiary/aromatic N) is 1. The summed E-state index contributed by atoms with van der Waals surface area (Å²) in [6, 6.07) is 1.67. The van der Waals surface area contributed by atoms with Crippen molar-refractivity contribution in [1.82, 2.24) is 4.98 Å². The van der Waals surface area contributed by atoms with Crippen molar-refractivity contribution < 1.29 is 23.0 Å². The number of alkyl halides is 3. The molecule has 1 N–H and O–H groups in total. The Labute approximate surface area is 90.9 Å². The van der Waals surface area contributed by atoms with E-state index in [9.17, 15) is 18.3 Å². The average Bonchev–Trinajstić information content (AvgIpc) is 2.16. The first kappa shape index (κ1) is 12.9. The molecular formula is C10H12F3NO2. The average molecular weight is 235 g/mol. The zero-order valence-electron chi connectivity index (χ0n) is 8.66. The minimum Gasteiger partial charge on any atom is -0.386 e. The maximum atomic E-state index is 11.8. The maximum absolute atomic E-state index is 11.8. The highest BCUT2D eigenvalue weighted by Crippen LogP contribution is 2.19. The minimum atomic E-state index is -4.37. The summed E-state index contributed by atoms with van der Waals surface area (Å²) in [5.74, 6) is 0. The van der Waals surface area contributed by atoms with E-state index in [4.69, 9.17) is 0 Å². The van der Waals surface area contributed by atoms with Crippen LogP contribution in [0, 0.1) is 6.92 Å². The van der Waals surface area contributed by atoms with E-state index in [1.807, 2.05) is 0 Å². The van der Waals surface area contributed by atoms with Gasteiger partial charge in [-0.1, -0.05) is 0 Å². The van der Waals surface area contributed by atoms with Crippen molar-refractivity contribution in [3.63, 3.8) is 0 Å². The summed E-state index contributed by atoms with van der Waals surface area (Å²) in [4.78, 5) is 3.79. The quantitative estimate of drug-likeness (QED) is 0.867. The molecule has 1 aromatic heterocycles. The lowest BCUT2D eigenvalue weighted by Gasteiger charge is -2.14. The summed E-state index contributed by atoms with van der Waals surface area (Å²) >= 11 is 0. The Morgan fingerprint density at radius 3 is 2.75 bits per heavy atom. The first-order valence-electron chi connectivity index (χ1n) is 4.63. The molecule has 0 aromatic carbocycles. The summed E-state index contributed by atoms with van der Waals surface area (Å²) in [6.45, 7) is -0.0145. The Morgan fingerprint density at radius 1 is 1.50 bits per heavy atom. The maximum Gasteiger partial charge on any atom is 0.411 e. The number of aliphatic hydroxyl groups excluding tert-OH is 1. The summed E-state index contributed by atoms with van der Waals surface area (Å²) in [5, 5.41) is 9.57. The Morgan fingerprint density at radius 2 is 2.19 bits per heavy atom. The molecule has 1 atom stereocenters. The Bertz CT molecular complexity index is 341. The largest absolute Gasteiger partial charge is 0.411 e. The van der Waals surface area contributed by atoms with Crippen molar-refractivity contribution in [2.75, 3.05) is 13.2 Å². The highest BCUT2D eigenvalue weighted by Gasteiger charge is 2.28. The molecule has 0 bridgehead atoms. The Hall–Kier alpha value is -1.14. The molecule has 6 heteroatoms. The molecule has 0 fully saturated rings. The molecule has 0 amide bonds. The topological polar surface area (TPSA) is 42.4 Å². The molecule has 1 heterocycles. The van der Waals surface area contributed by atoms with E-state index in [0.29, 0.717) is 5.56 Å². The van der Waals surface area contributed by atoms with Gasteiger partial charge in [0.25, 0.3) is 0 Å². The molecule has 0 radical (unpaired) electrons. The van der Waals surface area contributed by atoms with Crippen LogP contribution in [0.1, 0.15) is 17.2 Å². The molecule has 0 aliphatic heterocycles. The second kappa shape index (κ2) is 5.27.